The highest BCUT2D eigenvalue weighted by atomic mass is 16.5. The fourth-order valence-electron chi connectivity index (χ4n) is 4.94. The van der Waals surface area contributed by atoms with Gasteiger partial charge in [0.15, 0.2) is 11.6 Å². The van der Waals surface area contributed by atoms with Crippen molar-refractivity contribution in [2.24, 2.45) is 0 Å². The molecule has 34 heavy (non-hydrogen) atoms. The van der Waals surface area contributed by atoms with Crippen LogP contribution < -0.4 is 20.4 Å². The minimum atomic E-state index is -0.954. The Balaban J connectivity index is 1.38. The van der Waals surface area contributed by atoms with Crippen LogP contribution in [0.15, 0.2) is 24.3 Å². The van der Waals surface area contributed by atoms with Crippen molar-refractivity contribution in [1.29, 1.82) is 0 Å². The molecule has 1 saturated carbocycles. The number of morpholine rings is 1. The van der Waals surface area contributed by atoms with Gasteiger partial charge in [0.2, 0.25) is 5.95 Å². The first-order chi connectivity index (χ1) is 16.6. The van der Waals surface area contributed by atoms with Crippen LogP contribution in [-0.4, -0.2) is 66.5 Å². The number of hydrogen-bond donors (Lipinski definition) is 3. The summed E-state index contributed by atoms with van der Waals surface area (Å²) in [5.41, 5.74) is 2.50. The van der Waals surface area contributed by atoms with E-state index >= 15 is 0 Å². The fraction of sp³-hybridized carbons (Fsp3) is 0.500. The molecule has 1 aliphatic carbocycles. The minimum absolute atomic E-state index is 0.153. The van der Waals surface area contributed by atoms with Gasteiger partial charge in [-0.2, -0.15) is 9.97 Å². The number of rotatable bonds is 6. The molecule has 2 aliphatic heterocycles. The molecule has 0 unspecified atom stereocenters. The third-order valence-corrected chi connectivity index (χ3v) is 6.73. The highest BCUT2D eigenvalue weighted by Gasteiger charge is 2.30. The first-order valence-corrected chi connectivity index (χ1v) is 11.9. The molecule has 10 heteroatoms. The van der Waals surface area contributed by atoms with Crippen LogP contribution in [0.5, 0.6) is 0 Å². The second-order valence-corrected chi connectivity index (χ2v) is 9.01. The average molecular weight is 467 g/mol. The van der Waals surface area contributed by atoms with Crippen LogP contribution in [0.4, 0.5) is 23.3 Å². The van der Waals surface area contributed by atoms with E-state index in [2.05, 4.69) is 25.5 Å². The zero-order chi connectivity index (χ0) is 23.5. The van der Waals surface area contributed by atoms with Crippen molar-refractivity contribution in [3.05, 3.63) is 35.4 Å². The van der Waals surface area contributed by atoms with E-state index in [4.69, 9.17) is 4.74 Å². The van der Waals surface area contributed by atoms with Crippen LogP contribution in [-0.2, 0) is 9.53 Å². The summed E-state index contributed by atoms with van der Waals surface area (Å²) in [5.74, 6) is 0.602. The van der Waals surface area contributed by atoms with Crippen LogP contribution in [0.1, 0.15) is 53.9 Å². The normalized spacial score (nSPS) is 18.4. The lowest BCUT2D eigenvalue weighted by Gasteiger charge is -2.29. The van der Waals surface area contributed by atoms with Gasteiger partial charge in [-0.25, -0.2) is 0 Å². The summed E-state index contributed by atoms with van der Waals surface area (Å²) < 4.78 is 5.46. The number of benzene rings is 1. The van der Waals surface area contributed by atoms with Gasteiger partial charge in [-0.3, -0.25) is 14.9 Å². The number of carboxylic acid groups (broad SMARTS) is 1. The summed E-state index contributed by atoms with van der Waals surface area (Å²) in [6, 6.07) is 7.81. The van der Waals surface area contributed by atoms with Crippen molar-refractivity contribution >= 4 is 35.1 Å². The maximum Gasteiger partial charge on any atom is 0.323 e. The zero-order valence-corrected chi connectivity index (χ0v) is 19.1. The Kier molecular flexibility index (Phi) is 6.48. The first-order valence-electron chi connectivity index (χ1n) is 11.9. The van der Waals surface area contributed by atoms with Gasteiger partial charge < -0.3 is 25.0 Å². The molecule has 3 aliphatic rings. The summed E-state index contributed by atoms with van der Waals surface area (Å²) in [4.78, 5) is 37.1. The number of aromatic nitrogens is 2. The number of fused-ring (bicyclic) bond motifs is 1. The van der Waals surface area contributed by atoms with Crippen LogP contribution in [0, 0.1) is 0 Å². The highest BCUT2D eigenvalue weighted by molar-refractivity contribution is 6.03. The predicted octanol–water partition coefficient (Wildman–Crippen LogP) is 2.89. The number of carbonyl (C=O) groups is 2. The smallest absolute Gasteiger partial charge is 0.323 e. The Morgan fingerprint density at radius 2 is 1.76 bits per heavy atom. The van der Waals surface area contributed by atoms with Crippen LogP contribution in [0.2, 0.25) is 0 Å². The van der Waals surface area contributed by atoms with Crippen LogP contribution >= 0.6 is 0 Å². The molecule has 0 spiro atoms. The third-order valence-electron chi connectivity index (χ3n) is 6.73. The predicted molar refractivity (Wildman–Crippen MR) is 129 cm³/mol. The van der Waals surface area contributed by atoms with Gasteiger partial charge in [0.1, 0.15) is 12.2 Å². The standard InChI is InChI=1S/C24H30N6O4/c31-19(32)14-30-15-25-20-21(29-10-12-34-13-11-29)26-24(27-22(20)30)28-23(33)18-8-6-17(7-9-18)16-4-2-1-3-5-16/h6-9,16,25H,1-5,10-15H2,(H,31,32)(H,26,27,28,33). The summed E-state index contributed by atoms with van der Waals surface area (Å²) in [7, 11) is 0. The SMILES string of the molecule is O=C(O)CN1CNc2c(N3CCOCC3)nc(NC(=O)c3ccc(C4CCCCC4)cc3)nc21. The van der Waals surface area contributed by atoms with Gasteiger partial charge >= 0.3 is 5.97 Å². The number of carboxylic acids is 1. The van der Waals surface area contributed by atoms with Gasteiger partial charge in [-0.15, -0.1) is 0 Å². The molecule has 3 N–H and O–H groups in total. The van der Waals surface area contributed by atoms with Crippen molar-refractivity contribution in [1.82, 2.24) is 9.97 Å². The Morgan fingerprint density at radius 1 is 1.06 bits per heavy atom. The molecule has 1 aromatic carbocycles. The van der Waals surface area contributed by atoms with Crippen molar-refractivity contribution in [3.63, 3.8) is 0 Å². The topological polar surface area (TPSA) is 120 Å². The molecule has 0 radical (unpaired) electrons. The van der Waals surface area contributed by atoms with Crippen molar-refractivity contribution < 1.29 is 19.4 Å². The molecule has 2 fully saturated rings. The van der Waals surface area contributed by atoms with E-state index in [1.807, 2.05) is 24.3 Å². The van der Waals surface area contributed by atoms with Crippen LogP contribution in [0.25, 0.3) is 0 Å². The Bertz CT molecular complexity index is 1050. The molecule has 0 atom stereocenters. The van der Waals surface area contributed by atoms with E-state index in [0.29, 0.717) is 61.8 Å². The van der Waals surface area contributed by atoms with Gasteiger partial charge in [0.25, 0.3) is 5.91 Å². The highest BCUT2D eigenvalue weighted by Crippen LogP contribution is 2.38. The van der Waals surface area contributed by atoms with E-state index in [1.54, 1.807) is 4.90 Å². The van der Waals surface area contributed by atoms with Crippen molar-refractivity contribution in [3.8, 4) is 0 Å². The number of ether oxygens (including phenoxy) is 1. The minimum Gasteiger partial charge on any atom is -0.480 e. The van der Waals surface area contributed by atoms with E-state index in [1.165, 1.54) is 37.7 Å². The molecular formula is C24H30N6O4. The third kappa shape index (κ3) is 4.77. The lowest BCUT2D eigenvalue weighted by Crippen LogP contribution is -2.37. The maximum absolute atomic E-state index is 13.0. The van der Waals surface area contributed by atoms with Gasteiger partial charge in [0.05, 0.1) is 19.9 Å². The largest absolute Gasteiger partial charge is 0.480 e. The van der Waals surface area contributed by atoms with Gasteiger partial charge in [0, 0.05) is 18.7 Å². The Labute approximate surface area is 198 Å². The van der Waals surface area contributed by atoms with E-state index in [0.717, 1.165) is 0 Å². The van der Waals surface area contributed by atoms with Crippen molar-refractivity contribution in [2.45, 2.75) is 38.0 Å². The summed E-state index contributed by atoms with van der Waals surface area (Å²) >= 11 is 0. The second-order valence-electron chi connectivity index (χ2n) is 9.01. The first kappa shape index (κ1) is 22.4. The van der Waals surface area contributed by atoms with E-state index in [-0.39, 0.29) is 18.4 Å². The average Bonchev–Trinajstić information content (AvgIpc) is 3.26. The number of nitrogens with one attached hydrogen (secondary N) is 2. The molecule has 1 aromatic heterocycles. The number of aliphatic carboxylic acids is 1. The van der Waals surface area contributed by atoms with Gasteiger partial charge in [-0.05, 0) is 36.5 Å². The Morgan fingerprint density at radius 3 is 2.47 bits per heavy atom. The molecule has 0 bridgehead atoms. The molecule has 1 amide bonds. The molecule has 3 heterocycles. The molecule has 1 saturated heterocycles. The molecule has 180 valence electrons. The lowest BCUT2D eigenvalue weighted by molar-refractivity contribution is -0.135. The Hall–Kier alpha value is -3.40. The zero-order valence-electron chi connectivity index (χ0n) is 19.1. The maximum atomic E-state index is 13.0. The molecule has 5 rings (SSSR count). The lowest BCUT2D eigenvalue weighted by atomic mass is 9.84. The number of anilines is 4. The van der Waals surface area contributed by atoms with E-state index in [9.17, 15) is 14.7 Å². The molecule has 10 nitrogen and oxygen atoms in total. The van der Waals surface area contributed by atoms with E-state index < -0.39 is 5.97 Å². The van der Waals surface area contributed by atoms with Crippen LogP contribution in [0.3, 0.4) is 0 Å². The number of amides is 1. The number of carbonyl (C=O) groups excluding carboxylic acids is 1. The number of hydrogen-bond acceptors (Lipinski definition) is 8. The summed E-state index contributed by atoms with van der Waals surface area (Å²) in [6.45, 7) is 2.57. The second kappa shape index (κ2) is 9.84. The van der Waals surface area contributed by atoms with Crippen molar-refractivity contribution in [2.75, 3.05) is 60.0 Å². The monoisotopic (exact) mass is 466 g/mol. The molecule has 2 aromatic rings. The summed E-state index contributed by atoms with van der Waals surface area (Å²) in [6.07, 6.45) is 6.26. The molecular weight excluding hydrogens is 436 g/mol. The van der Waals surface area contributed by atoms with Gasteiger partial charge in [-0.1, -0.05) is 31.4 Å². The fourth-order valence-corrected chi connectivity index (χ4v) is 4.94. The summed E-state index contributed by atoms with van der Waals surface area (Å²) in [5, 5.41) is 15.3. The number of nitrogens with zero attached hydrogens (tertiary/aromatic N) is 4. The quantitative estimate of drug-likeness (QED) is 0.590.